The number of nitrogens with zero attached hydrogens (tertiary/aromatic N) is 1. The van der Waals surface area contributed by atoms with Gasteiger partial charge in [-0.1, -0.05) is 55.8 Å². The Morgan fingerprint density at radius 1 is 1.29 bits per heavy atom. The summed E-state index contributed by atoms with van der Waals surface area (Å²) in [5.41, 5.74) is 5.62. The fourth-order valence-electron chi connectivity index (χ4n) is 5.97. The summed E-state index contributed by atoms with van der Waals surface area (Å²) in [6, 6.07) is 6.74. The Labute approximate surface area is 215 Å². The maximum atomic E-state index is 13.3. The molecular formula is C27H43ClN4O3. The third-order valence-corrected chi connectivity index (χ3v) is 8.04. The number of piperidine rings is 1. The molecule has 2 aliphatic rings. The summed E-state index contributed by atoms with van der Waals surface area (Å²) in [6.45, 7) is 1.83. The monoisotopic (exact) mass is 506 g/mol. The number of hydrogen-bond donors (Lipinski definition) is 4. The van der Waals surface area contributed by atoms with Crippen molar-refractivity contribution < 1.29 is 14.7 Å². The highest BCUT2D eigenvalue weighted by molar-refractivity contribution is 6.30. The van der Waals surface area contributed by atoms with Crippen molar-refractivity contribution in [3.8, 4) is 0 Å². The maximum absolute atomic E-state index is 13.3. The van der Waals surface area contributed by atoms with Crippen molar-refractivity contribution in [3.63, 3.8) is 0 Å². The zero-order chi connectivity index (χ0) is 25.3. The molecule has 7 nitrogen and oxygen atoms in total. The van der Waals surface area contributed by atoms with Crippen LogP contribution in [-0.2, 0) is 10.4 Å². The van der Waals surface area contributed by atoms with E-state index >= 15 is 0 Å². The van der Waals surface area contributed by atoms with Crippen LogP contribution in [0.3, 0.4) is 0 Å². The summed E-state index contributed by atoms with van der Waals surface area (Å²) < 4.78 is 0. The highest BCUT2D eigenvalue weighted by Gasteiger charge is 2.42. The summed E-state index contributed by atoms with van der Waals surface area (Å²) in [4.78, 5) is 26.2. The average Bonchev–Trinajstić information content (AvgIpc) is 2.85. The van der Waals surface area contributed by atoms with E-state index in [9.17, 15) is 14.7 Å². The number of aliphatic hydroxyl groups is 1. The van der Waals surface area contributed by atoms with Crippen molar-refractivity contribution in [1.29, 1.82) is 0 Å². The van der Waals surface area contributed by atoms with Crippen molar-refractivity contribution in [1.82, 2.24) is 15.5 Å². The van der Waals surface area contributed by atoms with E-state index in [0.717, 1.165) is 32.1 Å². The van der Waals surface area contributed by atoms with Crippen molar-refractivity contribution in [2.24, 2.45) is 17.6 Å². The number of nitrogens with two attached hydrogens (primary N) is 1. The first kappa shape index (κ1) is 27.9. The summed E-state index contributed by atoms with van der Waals surface area (Å²) >= 11 is 6.25. The molecule has 1 aromatic carbocycles. The molecule has 8 heteroatoms. The van der Waals surface area contributed by atoms with Gasteiger partial charge in [0.05, 0.1) is 5.60 Å². The van der Waals surface area contributed by atoms with Crippen LogP contribution in [0.15, 0.2) is 24.3 Å². The summed E-state index contributed by atoms with van der Waals surface area (Å²) in [6.07, 6.45) is 10.1. The largest absolute Gasteiger partial charge is 0.385 e. The molecular weight excluding hydrogens is 464 g/mol. The first-order valence-corrected chi connectivity index (χ1v) is 13.6. The van der Waals surface area contributed by atoms with Gasteiger partial charge in [-0.3, -0.25) is 0 Å². The molecule has 1 heterocycles. The molecule has 0 spiro atoms. The number of carbonyl (C=O) groups is 2. The number of rotatable bonds is 11. The van der Waals surface area contributed by atoms with Crippen LogP contribution < -0.4 is 16.4 Å². The Hall–Kier alpha value is -1.67. The van der Waals surface area contributed by atoms with Gasteiger partial charge in [0.25, 0.3) is 0 Å². The highest BCUT2D eigenvalue weighted by atomic mass is 35.5. The number of likely N-dealkylation sites (N-methyl/N-ethyl adjacent to an activating group) is 1. The zero-order valence-electron chi connectivity index (χ0n) is 21.1. The Morgan fingerprint density at radius 2 is 2.06 bits per heavy atom. The number of benzene rings is 1. The van der Waals surface area contributed by atoms with Gasteiger partial charge in [-0.25, -0.2) is 4.79 Å². The Kier molecular flexibility index (Phi) is 10.8. The summed E-state index contributed by atoms with van der Waals surface area (Å²) in [5, 5.41) is 19.0. The number of aldehydes is 1. The second kappa shape index (κ2) is 13.6. The molecule has 1 saturated heterocycles. The molecule has 0 bridgehead atoms. The van der Waals surface area contributed by atoms with Crippen molar-refractivity contribution in [2.75, 3.05) is 26.7 Å². The van der Waals surface area contributed by atoms with E-state index in [0.29, 0.717) is 29.6 Å². The number of hydrogen-bond acceptors (Lipinski definition) is 5. The van der Waals surface area contributed by atoms with Crippen LogP contribution in [0.25, 0.3) is 0 Å². The molecule has 2 unspecified atom stereocenters. The van der Waals surface area contributed by atoms with Crippen LogP contribution in [0.1, 0.15) is 69.8 Å². The summed E-state index contributed by atoms with van der Waals surface area (Å²) in [5.74, 6) is 0.461. The summed E-state index contributed by atoms with van der Waals surface area (Å²) in [7, 11) is 1.92. The molecule has 0 aromatic heterocycles. The minimum atomic E-state index is -1.28. The first-order valence-electron chi connectivity index (χ1n) is 13.2. The van der Waals surface area contributed by atoms with Crippen LogP contribution >= 0.6 is 11.6 Å². The van der Waals surface area contributed by atoms with E-state index in [1.54, 1.807) is 12.1 Å². The fourth-order valence-corrected chi connectivity index (χ4v) is 6.16. The quantitative estimate of drug-likeness (QED) is 0.341. The molecule has 1 aromatic rings. The maximum Gasteiger partial charge on any atom is 0.317 e. The number of nitrogens with one attached hydrogen (secondary N) is 2. The number of likely N-dealkylation sites (tertiary alicyclic amines) is 1. The standard InChI is InChI=1S/C27H43ClN4O3/c1-30-18-25(15-20-7-3-2-4-8-20)31-26(34)32-13-6-10-22(19-32)27(35,17-24(29)12-14-33)21-9-5-11-23(28)16-21/h5,9,11,14,16,20,22,24-25,30,35H,2-4,6-8,10,12-13,15,17-19,29H2,1H3,(H,31,34)/t22-,24?,25?,27-/m1/s1. The van der Waals surface area contributed by atoms with Gasteiger partial charge in [-0.2, -0.15) is 0 Å². The predicted molar refractivity (Wildman–Crippen MR) is 140 cm³/mol. The van der Waals surface area contributed by atoms with Gasteiger partial charge < -0.3 is 31.2 Å². The number of amides is 2. The van der Waals surface area contributed by atoms with E-state index in [1.165, 1.54) is 32.1 Å². The third-order valence-electron chi connectivity index (χ3n) is 7.80. The van der Waals surface area contributed by atoms with Gasteiger partial charge in [0.2, 0.25) is 0 Å². The van der Waals surface area contributed by atoms with E-state index in [-0.39, 0.29) is 30.8 Å². The van der Waals surface area contributed by atoms with Gasteiger partial charge in [0.15, 0.2) is 0 Å². The molecule has 35 heavy (non-hydrogen) atoms. The fraction of sp³-hybridized carbons (Fsp3) is 0.704. The molecule has 0 radical (unpaired) electrons. The van der Waals surface area contributed by atoms with Gasteiger partial charge in [0.1, 0.15) is 6.29 Å². The lowest BCUT2D eigenvalue weighted by molar-refractivity contribution is -0.108. The Balaban J connectivity index is 1.72. The lowest BCUT2D eigenvalue weighted by Crippen LogP contribution is -2.54. The molecule has 3 rings (SSSR count). The minimum Gasteiger partial charge on any atom is -0.385 e. The molecule has 2 amide bonds. The molecule has 5 N–H and O–H groups in total. The number of halogens is 1. The topological polar surface area (TPSA) is 108 Å². The van der Waals surface area contributed by atoms with Gasteiger partial charge in [-0.15, -0.1) is 0 Å². The number of carbonyl (C=O) groups excluding carboxylic acids is 2. The van der Waals surface area contributed by atoms with E-state index in [1.807, 2.05) is 24.1 Å². The smallest absolute Gasteiger partial charge is 0.317 e. The molecule has 196 valence electrons. The van der Waals surface area contributed by atoms with Gasteiger partial charge in [0, 0.05) is 49.1 Å². The molecule has 1 aliphatic carbocycles. The Morgan fingerprint density at radius 3 is 2.74 bits per heavy atom. The SMILES string of the molecule is CNCC(CC1CCCCC1)NC(=O)N1CCC[C@@H]([C@@](O)(CC(N)CC=O)c2cccc(Cl)c2)C1. The van der Waals surface area contributed by atoms with Crippen LogP contribution in [0, 0.1) is 11.8 Å². The van der Waals surface area contributed by atoms with E-state index < -0.39 is 11.6 Å². The molecule has 2 fully saturated rings. The van der Waals surface area contributed by atoms with Crippen LogP contribution in [0.4, 0.5) is 4.79 Å². The number of urea groups is 1. The van der Waals surface area contributed by atoms with Crippen molar-refractivity contribution >= 4 is 23.9 Å². The van der Waals surface area contributed by atoms with Crippen LogP contribution in [0.2, 0.25) is 5.02 Å². The van der Waals surface area contributed by atoms with E-state index in [2.05, 4.69) is 10.6 Å². The third kappa shape index (κ3) is 7.91. The van der Waals surface area contributed by atoms with E-state index in [4.69, 9.17) is 17.3 Å². The van der Waals surface area contributed by atoms with Crippen molar-refractivity contribution in [3.05, 3.63) is 34.9 Å². The molecule has 1 aliphatic heterocycles. The normalized spacial score (nSPS) is 22.7. The van der Waals surface area contributed by atoms with Crippen LogP contribution in [-0.4, -0.2) is 61.1 Å². The van der Waals surface area contributed by atoms with Gasteiger partial charge in [-0.05, 0) is 56.3 Å². The molecule has 1 saturated carbocycles. The highest BCUT2D eigenvalue weighted by Crippen LogP contribution is 2.40. The van der Waals surface area contributed by atoms with Gasteiger partial charge >= 0.3 is 6.03 Å². The van der Waals surface area contributed by atoms with Crippen LogP contribution in [0.5, 0.6) is 0 Å². The van der Waals surface area contributed by atoms with Crippen molar-refractivity contribution in [2.45, 2.75) is 81.9 Å². The molecule has 4 atom stereocenters. The Bertz CT molecular complexity index is 819. The predicted octanol–water partition coefficient (Wildman–Crippen LogP) is 3.81. The second-order valence-electron chi connectivity index (χ2n) is 10.5. The lowest BCUT2D eigenvalue weighted by atomic mass is 9.73. The lowest BCUT2D eigenvalue weighted by Gasteiger charge is -2.44. The second-order valence-corrected chi connectivity index (χ2v) is 11.0. The zero-order valence-corrected chi connectivity index (χ0v) is 21.8. The first-order chi connectivity index (χ1) is 16.9. The minimum absolute atomic E-state index is 0.0728. The average molecular weight is 507 g/mol.